The van der Waals surface area contributed by atoms with E-state index in [0.717, 1.165) is 0 Å². The van der Waals surface area contributed by atoms with Crippen molar-refractivity contribution in [1.82, 2.24) is 5.32 Å². The molecule has 3 aliphatic heterocycles. The minimum Gasteiger partial charge on any atom is -0.394 e. The Hall–Kier alpha value is -0.560. The van der Waals surface area contributed by atoms with E-state index in [-0.39, 0.29) is 25.5 Å². The Morgan fingerprint density at radius 1 is 0.771 bits per heavy atom. The minimum absolute atomic E-state index is 0.178. The number of likely N-dealkylation sites (N-methyl/N-ethyl adjacent to an activating group) is 1. The average molecular weight is 508 g/mol. The van der Waals surface area contributed by atoms with E-state index in [9.17, 15) is 20.4 Å². The quantitative estimate of drug-likeness (QED) is 0.164. The Labute approximate surface area is 204 Å². The zero-order valence-electron chi connectivity index (χ0n) is 19.8. The fraction of sp³-hybridized carbons (Fsp3) is 1.00. The van der Waals surface area contributed by atoms with E-state index in [1.165, 1.54) is 0 Å². The van der Waals surface area contributed by atoms with Crippen molar-refractivity contribution in [2.24, 2.45) is 22.9 Å². The number of hydrogen-bond donors (Lipinski definition) is 9. The molecule has 1 aliphatic carbocycles. The Morgan fingerprint density at radius 3 is 2.20 bits per heavy atom. The third kappa shape index (κ3) is 5.81. The van der Waals surface area contributed by atoms with Crippen LogP contribution in [0.4, 0.5) is 0 Å². The van der Waals surface area contributed by atoms with Crippen LogP contribution in [0.1, 0.15) is 25.7 Å². The summed E-state index contributed by atoms with van der Waals surface area (Å²) < 4.78 is 29.7. The van der Waals surface area contributed by atoms with Crippen molar-refractivity contribution in [1.29, 1.82) is 0 Å². The number of aliphatic hydroxyl groups excluding tert-OH is 4. The number of nitrogens with one attached hydrogen (secondary N) is 1. The van der Waals surface area contributed by atoms with E-state index in [1.807, 2.05) is 0 Å². The Morgan fingerprint density at radius 2 is 1.51 bits per heavy atom. The Kier molecular flexibility index (Phi) is 8.99. The van der Waals surface area contributed by atoms with Crippen molar-refractivity contribution < 1.29 is 44.1 Å². The van der Waals surface area contributed by atoms with Gasteiger partial charge in [-0.25, -0.2) is 0 Å². The van der Waals surface area contributed by atoms with Gasteiger partial charge in [-0.1, -0.05) is 0 Å². The average Bonchev–Trinajstić information content (AvgIpc) is 2.80. The first-order chi connectivity index (χ1) is 16.6. The second-order valence-corrected chi connectivity index (χ2v) is 10.1. The molecule has 0 aromatic heterocycles. The first kappa shape index (κ1) is 27.5. The smallest absolute Gasteiger partial charge is 0.187 e. The topological polar surface area (TPSA) is 243 Å². The van der Waals surface area contributed by atoms with Crippen LogP contribution in [0.25, 0.3) is 0 Å². The largest absolute Gasteiger partial charge is 0.394 e. The van der Waals surface area contributed by atoms with Gasteiger partial charge in [0.25, 0.3) is 0 Å². The van der Waals surface area contributed by atoms with Gasteiger partial charge >= 0.3 is 0 Å². The van der Waals surface area contributed by atoms with E-state index < -0.39 is 85.8 Å². The SMILES string of the molecule is CNC1C(O[C@H]2OC(CO)[C@@H](N)CC2O)O[C@H]2CC(N)[C@@H](O[C@H]3CC(O)[C@H](N)CC3N)OC2C1O. The molecule has 0 aromatic rings. The fourth-order valence-corrected chi connectivity index (χ4v) is 5.35. The van der Waals surface area contributed by atoms with Gasteiger partial charge in [0.1, 0.15) is 18.3 Å². The van der Waals surface area contributed by atoms with Crippen LogP contribution >= 0.6 is 0 Å². The highest BCUT2D eigenvalue weighted by molar-refractivity contribution is 5.00. The summed E-state index contributed by atoms with van der Waals surface area (Å²) in [4.78, 5) is 0. The van der Waals surface area contributed by atoms with Crippen LogP contribution in [0.15, 0.2) is 0 Å². The number of aliphatic hydroxyl groups is 4. The first-order valence-corrected chi connectivity index (χ1v) is 12.2. The molecule has 0 spiro atoms. The van der Waals surface area contributed by atoms with Crippen LogP contribution in [-0.4, -0.2) is 126 Å². The standard InChI is InChI=1S/C21H41N5O9/c1-26-16-17(30)18-14(32-21(16)35-20-12(29)3-9(24)15(6-27)33-20)4-10(25)19(34-18)31-13-5-11(28)7(22)2-8(13)23/h7-21,26-30H,2-6,22-25H2,1H3/t7-,8?,9+,10?,11?,12?,13+,14+,15?,16?,17?,18?,19+,20-,21?/m1/s1. The van der Waals surface area contributed by atoms with Crippen molar-refractivity contribution in [2.45, 2.75) is 117 Å². The Bertz CT molecular complexity index is 696. The van der Waals surface area contributed by atoms with Crippen molar-refractivity contribution in [2.75, 3.05) is 13.7 Å². The normalized spacial score (nSPS) is 53.2. The number of ether oxygens (including phenoxy) is 5. The molecule has 204 valence electrons. The molecule has 14 heteroatoms. The molecule has 13 N–H and O–H groups in total. The van der Waals surface area contributed by atoms with Crippen LogP contribution in [0, 0.1) is 0 Å². The summed E-state index contributed by atoms with van der Waals surface area (Å²) in [5.74, 6) is 0. The number of nitrogens with two attached hydrogens (primary N) is 4. The molecule has 3 saturated heterocycles. The van der Waals surface area contributed by atoms with Gasteiger partial charge in [-0.15, -0.1) is 0 Å². The van der Waals surface area contributed by atoms with Crippen LogP contribution < -0.4 is 28.3 Å². The highest BCUT2D eigenvalue weighted by Crippen LogP contribution is 2.35. The summed E-state index contributed by atoms with van der Waals surface area (Å²) in [6, 6.07) is -2.65. The summed E-state index contributed by atoms with van der Waals surface area (Å²) in [7, 11) is 1.63. The van der Waals surface area contributed by atoms with Crippen LogP contribution in [0.2, 0.25) is 0 Å². The molecule has 4 fully saturated rings. The first-order valence-electron chi connectivity index (χ1n) is 12.2. The van der Waals surface area contributed by atoms with Crippen LogP contribution in [-0.2, 0) is 23.7 Å². The van der Waals surface area contributed by atoms with Crippen LogP contribution in [0.3, 0.4) is 0 Å². The minimum atomic E-state index is -1.10. The van der Waals surface area contributed by atoms with Crippen molar-refractivity contribution in [3.63, 3.8) is 0 Å². The molecule has 0 amide bonds. The number of fused-ring (bicyclic) bond motifs is 1. The molecule has 0 aromatic carbocycles. The molecule has 14 nitrogen and oxygen atoms in total. The molecule has 4 rings (SSSR count). The van der Waals surface area contributed by atoms with E-state index >= 15 is 0 Å². The molecule has 15 atom stereocenters. The predicted octanol–water partition coefficient (Wildman–Crippen LogP) is -4.89. The molecule has 9 unspecified atom stereocenters. The van der Waals surface area contributed by atoms with E-state index in [4.69, 9.17) is 46.6 Å². The maximum atomic E-state index is 11.1. The molecule has 0 bridgehead atoms. The Balaban J connectivity index is 1.40. The fourth-order valence-electron chi connectivity index (χ4n) is 5.35. The molecule has 35 heavy (non-hydrogen) atoms. The summed E-state index contributed by atoms with van der Waals surface area (Å²) in [5.41, 5.74) is 24.3. The van der Waals surface area contributed by atoms with Crippen LogP contribution in [0.5, 0.6) is 0 Å². The van der Waals surface area contributed by atoms with Gasteiger partial charge in [0.15, 0.2) is 18.9 Å². The zero-order chi connectivity index (χ0) is 25.4. The highest BCUT2D eigenvalue weighted by Gasteiger charge is 2.52. The van der Waals surface area contributed by atoms with E-state index in [1.54, 1.807) is 7.05 Å². The summed E-state index contributed by atoms with van der Waals surface area (Å²) in [5, 5.41) is 44.1. The van der Waals surface area contributed by atoms with Crippen molar-refractivity contribution in [3.8, 4) is 0 Å². The molecular weight excluding hydrogens is 466 g/mol. The van der Waals surface area contributed by atoms with Gasteiger partial charge < -0.3 is 72.4 Å². The van der Waals surface area contributed by atoms with Gasteiger partial charge in [-0.3, -0.25) is 0 Å². The summed E-state index contributed by atoms with van der Waals surface area (Å²) >= 11 is 0. The molecule has 1 saturated carbocycles. The predicted molar refractivity (Wildman–Crippen MR) is 120 cm³/mol. The number of rotatable bonds is 6. The highest BCUT2D eigenvalue weighted by atomic mass is 16.8. The lowest BCUT2D eigenvalue weighted by Gasteiger charge is -2.51. The van der Waals surface area contributed by atoms with Gasteiger partial charge in [-0.05, 0) is 26.3 Å². The van der Waals surface area contributed by atoms with Gasteiger partial charge in [-0.2, -0.15) is 0 Å². The maximum Gasteiger partial charge on any atom is 0.187 e. The summed E-state index contributed by atoms with van der Waals surface area (Å²) in [6.45, 7) is -0.320. The lowest BCUT2D eigenvalue weighted by molar-refractivity contribution is -0.366. The third-order valence-electron chi connectivity index (χ3n) is 7.51. The monoisotopic (exact) mass is 507 g/mol. The van der Waals surface area contributed by atoms with Gasteiger partial charge in [0.2, 0.25) is 0 Å². The molecular formula is C21H41N5O9. The molecule has 0 radical (unpaired) electrons. The van der Waals surface area contributed by atoms with E-state index in [2.05, 4.69) is 5.32 Å². The second kappa shape index (κ2) is 11.4. The molecule has 3 heterocycles. The van der Waals surface area contributed by atoms with Gasteiger partial charge in [0.05, 0.1) is 43.1 Å². The van der Waals surface area contributed by atoms with Gasteiger partial charge in [0, 0.05) is 24.5 Å². The van der Waals surface area contributed by atoms with Crippen molar-refractivity contribution >= 4 is 0 Å². The number of hydrogen-bond acceptors (Lipinski definition) is 14. The molecule has 4 aliphatic rings. The lowest BCUT2D eigenvalue weighted by Crippen LogP contribution is -2.69. The third-order valence-corrected chi connectivity index (χ3v) is 7.51. The van der Waals surface area contributed by atoms with E-state index in [0.29, 0.717) is 12.8 Å². The summed E-state index contributed by atoms with van der Waals surface area (Å²) in [6.07, 6.45) is -7.25. The maximum absolute atomic E-state index is 11.1. The van der Waals surface area contributed by atoms with Crippen molar-refractivity contribution in [3.05, 3.63) is 0 Å². The zero-order valence-corrected chi connectivity index (χ0v) is 19.8. The lowest BCUT2D eigenvalue weighted by atomic mass is 9.87. The second-order valence-electron chi connectivity index (χ2n) is 10.1.